The number of benzene rings is 1. The normalized spacial score (nSPS) is 10.1. The number of rotatable bonds is 3. The van der Waals surface area contributed by atoms with Gasteiger partial charge in [-0.05, 0) is 31.5 Å². The molecule has 2 aromatic rings. The van der Waals surface area contributed by atoms with Gasteiger partial charge >= 0.3 is 0 Å². The van der Waals surface area contributed by atoms with E-state index in [2.05, 4.69) is 15.3 Å². The van der Waals surface area contributed by atoms with Gasteiger partial charge in [-0.3, -0.25) is 9.78 Å². The molecule has 0 fully saturated rings. The number of hydrogen-bond acceptors (Lipinski definition) is 4. The first-order valence-electron chi connectivity index (χ1n) is 5.85. The number of ether oxygens (including phenoxy) is 1. The third kappa shape index (κ3) is 3.07. The first kappa shape index (κ1) is 13.0. The Morgan fingerprint density at radius 1 is 1.21 bits per heavy atom. The summed E-state index contributed by atoms with van der Waals surface area (Å²) in [6.07, 6.45) is 3.01. The summed E-state index contributed by atoms with van der Waals surface area (Å²) < 4.78 is 5.21. The Morgan fingerprint density at radius 2 is 2.00 bits per heavy atom. The topological polar surface area (TPSA) is 64.1 Å². The fourth-order valence-electron chi connectivity index (χ4n) is 1.62. The lowest BCUT2D eigenvalue weighted by atomic mass is 10.2. The fraction of sp³-hybridized carbons (Fsp3) is 0.214. The molecule has 1 heterocycles. The largest absolute Gasteiger partial charge is 0.495 e. The Labute approximate surface area is 111 Å². The van der Waals surface area contributed by atoms with Gasteiger partial charge in [-0.1, -0.05) is 6.07 Å². The number of nitrogens with one attached hydrogen (secondary N) is 1. The quantitative estimate of drug-likeness (QED) is 0.916. The van der Waals surface area contributed by atoms with Gasteiger partial charge in [0.2, 0.25) is 0 Å². The zero-order valence-electron chi connectivity index (χ0n) is 11.1. The molecule has 98 valence electrons. The summed E-state index contributed by atoms with van der Waals surface area (Å²) in [4.78, 5) is 20.1. The predicted octanol–water partition coefficient (Wildman–Crippen LogP) is 2.35. The van der Waals surface area contributed by atoms with Crippen LogP contribution in [-0.4, -0.2) is 23.0 Å². The third-order valence-corrected chi connectivity index (χ3v) is 2.62. The van der Waals surface area contributed by atoms with Crippen LogP contribution in [0, 0.1) is 13.8 Å². The highest BCUT2D eigenvalue weighted by molar-refractivity contribution is 6.03. The lowest BCUT2D eigenvalue weighted by Crippen LogP contribution is -2.14. The van der Waals surface area contributed by atoms with E-state index in [-0.39, 0.29) is 11.6 Å². The van der Waals surface area contributed by atoms with Crippen molar-refractivity contribution < 1.29 is 9.53 Å². The Bertz CT molecular complexity index is 594. The minimum atomic E-state index is -0.309. The van der Waals surface area contributed by atoms with E-state index in [9.17, 15) is 4.79 Å². The van der Waals surface area contributed by atoms with Crippen LogP contribution in [0.15, 0.2) is 30.6 Å². The van der Waals surface area contributed by atoms with Crippen molar-refractivity contribution >= 4 is 11.6 Å². The molecule has 5 nitrogen and oxygen atoms in total. The average Bonchev–Trinajstić information content (AvgIpc) is 2.39. The Morgan fingerprint density at radius 3 is 2.63 bits per heavy atom. The van der Waals surface area contributed by atoms with Crippen molar-refractivity contribution in [1.82, 2.24) is 9.97 Å². The lowest BCUT2D eigenvalue weighted by Gasteiger charge is -2.10. The van der Waals surface area contributed by atoms with E-state index in [1.54, 1.807) is 13.3 Å². The van der Waals surface area contributed by atoms with E-state index in [0.29, 0.717) is 11.4 Å². The van der Waals surface area contributed by atoms with Crippen LogP contribution in [0.3, 0.4) is 0 Å². The molecular formula is C14H15N3O2. The van der Waals surface area contributed by atoms with Gasteiger partial charge in [-0.15, -0.1) is 0 Å². The molecule has 0 unspecified atom stereocenters. The number of nitrogens with zero attached hydrogens (tertiary/aromatic N) is 2. The highest BCUT2D eigenvalue weighted by Gasteiger charge is 2.11. The average molecular weight is 257 g/mol. The molecule has 0 saturated heterocycles. The van der Waals surface area contributed by atoms with E-state index in [1.807, 2.05) is 32.0 Å². The van der Waals surface area contributed by atoms with E-state index in [0.717, 1.165) is 11.3 Å². The van der Waals surface area contributed by atoms with E-state index >= 15 is 0 Å². The maximum absolute atomic E-state index is 12.0. The molecule has 0 aliphatic rings. The molecular weight excluding hydrogens is 242 g/mol. The number of amides is 1. The molecule has 1 amide bonds. The smallest absolute Gasteiger partial charge is 0.275 e. The van der Waals surface area contributed by atoms with Crippen LogP contribution in [0.5, 0.6) is 5.75 Å². The second-order valence-electron chi connectivity index (χ2n) is 4.20. The molecule has 1 aromatic heterocycles. The highest BCUT2D eigenvalue weighted by Crippen LogP contribution is 2.25. The van der Waals surface area contributed by atoms with Gasteiger partial charge in [0.25, 0.3) is 5.91 Å². The third-order valence-electron chi connectivity index (χ3n) is 2.62. The Balaban J connectivity index is 2.23. The van der Waals surface area contributed by atoms with E-state index < -0.39 is 0 Å². The first-order chi connectivity index (χ1) is 9.10. The summed E-state index contributed by atoms with van der Waals surface area (Å²) in [6, 6.07) is 5.57. The summed E-state index contributed by atoms with van der Waals surface area (Å²) >= 11 is 0. The molecule has 0 atom stereocenters. The van der Waals surface area contributed by atoms with Crippen LogP contribution < -0.4 is 10.1 Å². The highest BCUT2D eigenvalue weighted by atomic mass is 16.5. The number of carbonyl (C=O) groups is 1. The number of aromatic nitrogens is 2. The van der Waals surface area contributed by atoms with E-state index in [4.69, 9.17) is 4.74 Å². The second kappa shape index (κ2) is 5.48. The molecule has 2 rings (SSSR count). The van der Waals surface area contributed by atoms with Gasteiger partial charge in [-0.2, -0.15) is 0 Å². The standard InChI is InChI=1S/C14H15N3O2/c1-9-4-5-13(19-3)11(6-9)17-14(18)12-8-15-10(2)7-16-12/h4-8H,1-3H3,(H,17,18). The van der Waals surface area contributed by atoms with Crippen LogP contribution in [-0.2, 0) is 0 Å². The van der Waals surface area contributed by atoms with Crippen molar-refractivity contribution in [3.63, 3.8) is 0 Å². The van der Waals surface area contributed by atoms with Crippen LogP contribution in [0.4, 0.5) is 5.69 Å². The van der Waals surface area contributed by atoms with Gasteiger partial charge in [0.05, 0.1) is 24.7 Å². The molecule has 19 heavy (non-hydrogen) atoms. The number of hydrogen-bond donors (Lipinski definition) is 1. The Kier molecular flexibility index (Phi) is 3.75. The van der Waals surface area contributed by atoms with Crippen molar-refractivity contribution in [2.45, 2.75) is 13.8 Å². The second-order valence-corrected chi connectivity index (χ2v) is 4.20. The van der Waals surface area contributed by atoms with Gasteiger partial charge in [0.1, 0.15) is 11.4 Å². The Hall–Kier alpha value is -2.43. The number of aryl methyl sites for hydroxylation is 2. The van der Waals surface area contributed by atoms with Crippen LogP contribution in [0.2, 0.25) is 0 Å². The number of methoxy groups -OCH3 is 1. The molecule has 0 aliphatic carbocycles. The molecule has 0 bridgehead atoms. The summed E-state index contributed by atoms with van der Waals surface area (Å²) in [7, 11) is 1.56. The number of anilines is 1. The zero-order valence-corrected chi connectivity index (χ0v) is 11.1. The molecule has 5 heteroatoms. The minimum Gasteiger partial charge on any atom is -0.495 e. The predicted molar refractivity (Wildman–Crippen MR) is 72.5 cm³/mol. The van der Waals surface area contributed by atoms with Crippen LogP contribution in [0.1, 0.15) is 21.7 Å². The van der Waals surface area contributed by atoms with E-state index in [1.165, 1.54) is 6.20 Å². The zero-order chi connectivity index (χ0) is 13.8. The molecule has 0 spiro atoms. The SMILES string of the molecule is COc1ccc(C)cc1NC(=O)c1cnc(C)cn1. The monoisotopic (exact) mass is 257 g/mol. The van der Waals surface area contributed by atoms with Gasteiger partial charge in [-0.25, -0.2) is 4.98 Å². The van der Waals surface area contributed by atoms with Crippen molar-refractivity contribution in [1.29, 1.82) is 0 Å². The lowest BCUT2D eigenvalue weighted by molar-refractivity contribution is 0.102. The molecule has 1 aromatic carbocycles. The first-order valence-corrected chi connectivity index (χ1v) is 5.85. The van der Waals surface area contributed by atoms with Gasteiger partial charge in [0.15, 0.2) is 0 Å². The molecule has 0 saturated carbocycles. The summed E-state index contributed by atoms with van der Waals surface area (Å²) in [5, 5.41) is 2.77. The van der Waals surface area contributed by atoms with Crippen molar-refractivity contribution in [3.05, 3.63) is 47.5 Å². The van der Waals surface area contributed by atoms with Crippen LogP contribution in [0.25, 0.3) is 0 Å². The molecule has 0 radical (unpaired) electrons. The summed E-state index contributed by atoms with van der Waals surface area (Å²) in [6.45, 7) is 3.76. The minimum absolute atomic E-state index is 0.272. The van der Waals surface area contributed by atoms with Crippen LogP contribution >= 0.6 is 0 Å². The van der Waals surface area contributed by atoms with Crippen molar-refractivity contribution in [2.24, 2.45) is 0 Å². The summed E-state index contributed by atoms with van der Waals surface area (Å²) in [5.41, 5.74) is 2.69. The fourth-order valence-corrected chi connectivity index (χ4v) is 1.62. The molecule has 0 aliphatic heterocycles. The van der Waals surface area contributed by atoms with Gasteiger partial charge < -0.3 is 10.1 Å². The maximum Gasteiger partial charge on any atom is 0.275 e. The summed E-state index contributed by atoms with van der Waals surface area (Å²) in [5.74, 6) is 0.301. The van der Waals surface area contributed by atoms with Crippen molar-refractivity contribution in [2.75, 3.05) is 12.4 Å². The maximum atomic E-state index is 12.0. The number of carbonyl (C=O) groups excluding carboxylic acids is 1. The van der Waals surface area contributed by atoms with Crippen molar-refractivity contribution in [3.8, 4) is 5.75 Å². The van der Waals surface area contributed by atoms with Gasteiger partial charge in [0, 0.05) is 6.20 Å². The molecule has 1 N–H and O–H groups in total.